The van der Waals surface area contributed by atoms with E-state index in [1.165, 1.54) is 5.56 Å². The lowest BCUT2D eigenvalue weighted by molar-refractivity contribution is -0.133. The quantitative estimate of drug-likeness (QED) is 0.676. The largest absolute Gasteiger partial charge is 0.454 e. The SMILES string of the molecule is O=C(CCCC(=O)N1CCN(Cc2ccc3c(c2)OCO3)CC1)c1ccccc1. The van der Waals surface area contributed by atoms with Crippen molar-refractivity contribution in [1.29, 1.82) is 0 Å². The molecule has 2 aromatic carbocycles. The lowest BCUT2D eigenvalue weighted by Crippen LogP contribution is -2.48. The molecule has 1 amide bonds. The van der Waals surface area contributed by atoms with E-state index in [0.717, 1.165) is 49.8 Å². The van der Waals surface area contributed by atoms with Crippen LogP contribution in [0.15, 0.2) is 48.5 Å². The number of ketones is 1. The standard InChI is InChI=1S/C23H26N2O4/c26-20(19-5-2-1-3-6-19)7-4-8-23(27)25-13-11-24(12-14-25)16-18-9-10-21-22(15-18)29-17-28-21/h1-3,5-6,9-10,15H,4,7-8,11-14,16-17H2. The third-order valence-electron chi connectivity index (χ3n) is 5.46. The number of carbonyl (C=O) groups is 2. The van der Waals surface area contributed by atoms with E-state index in [-0.39, 0.29) is 18.5 Å². The predicted molar refractivity (Wildman–Crippen MR) is 109 cm³/mol. The molecule has 2 aliphatic heterocycles. The molecule has 1 saturated heterocycles. The number of nitrogens with zero attached hydrogens (tertiary/aromatic N) is 2. The van der Waals surface area contributed by atoms with Gasteiger partial charge in [0.05, 0.1) is 0 Å². The molecule has 0 saturated carbocycles. The Morgan fingerprint density at radius 1 is 0.862 bits per heavy atom. The molecule has 1 fully saturated rings. The highest BCUT2D eigenvalue weighted by atomic mass is 16.7. The zero-order valence-electron chi connectivity index (χ0n) is 16.5. The average molecular weight is 394 g/mol. The Morgan fingerprint density at radius 3 is 2.41 bits per heavy atom. The normalized spacial score (nSPS) is 16.1. The summed E-state index contributed by atoms with van der Waals surface area (Å²) >= 11 is 0. The van der Waals surface area contributed by atoms with Crippen LogP contribution in [0.25, 0.3) is 0 Å². The van der Waals surface area contributed by atoms with Crippen LogP contribution in [-0.2, 0) is 11.3 Å². The summed E-state index contributed by atoms with van der Waals surface area (Å²) in [5.74, 6) is 1.86. The van der Waals surface area contributed by atoms with Crippen LogP contribution >= 0.6 is 0 Å². The molecular formula is C23H26N2O4. The Bertz CT molecular complexity index is 860. The van der Waals surface area contributed by atoms with E-state index in [4.69, 9.17) is 9.47 Å². The van der Waals surface area contributed by atoms with E-state index in [1.807, 2.05) is 47.4 Å². The minimum absolute atomic E-state index is 0.104. The van der Waals surface area contributed by atoms with Crippen LogP contribution in [0.3, 0.4) is 0 Å². The van der Waals surface area contributed by atoms with Crippen molar-refractivity contribution in [2.24, 2.45) is 0 Å². The number of benzene rings is 2. The maximum atomic E-state index is 12.5. The second-order valence-corrected chi connectivity index (χ2v) is 7.49. The molecule has 2 aliphatic rings. The number of piperazine rings is 1. The number of amides is 1. The summed E-state index contributed by atoms with van der Waals surface area (Å²) in [6, 6.07) is 15.3. The third kappa shape index (κ3) is 4.95. The van der Waals surface area contributed by atoms with Crippen molar-refractivity contribution >= 4 is 11.7 Å². The Morgan fingerprint density at radius 2 is 1.62 bits per heavy atom. The zero-order valence-corrected chi connectivity index (χ0v) is 16.5. The minimum Gasteiger partial charge on any atom is -0.454 e. The van der Waals surface area contributed by atoms with Crippen LogP contribution in [0.5, 0.6) is 11.5 Å². The fourth-order valence-corrected chi connectivity index (χ4v) is 3.78. The summed E-state index contributed by atoms with van der Waals surface area (Å²) in [6.45, 7) is 4.29. The van der Waals surface area contributed by atoms with Gasteiger partial charge in [0.1, 0.15) is 0 Å². The number of hydrogen-bond acceptors (Lipinski definition) is 5. The summed E-state index contributed by atoms with van der Waals surface area (Å²) in [5.41, 5.74) is 1.91. The first kappa shape index (κ1) is 19.5. The molecule has 6 nitrogen and oxygen atoms in total. The molecule has 29 heavy (non-hydrogen) atoms. The fraction of sp³-hybridized carbons (Fsp3) is 0.391. The van der Waals surface area contributed by atoms with Crippen molar-refractivity contribution in [1.82, 2.24) is 9.80 Å². The van der Waals surface area contributed by atoms with Crippen LogP contribution in [0, 0.1) is 0 Å². The molecule has 152 valence electrons. The Labute approximate surface area is 171 Å². The van der Waals surface area contributed by atoms with Gasteiger partial charge < -0.3 is 14.4 Å². The highest BCUT2D eigenvalue weighted by Crippen LogP contribution is 2.32. The van der Waals surface area contributed by atoms with Gasteiger partial charge in [0.25, 0.3) is 0 Å². The van der Waals surface area contributed by atoms with Crippen LogP contribution in [-0.4, -0.2) is 54.5 Å². The van der Waals surface area contributed by atoms with Crippen molar-refractivity contribution in [2.75, 3.05) is 33.0 Å². The van der Waals surface area contributed by atoms with Gasteiger partial charge in [-0.15, -0.1) is 0 Å². The number of hydrogen-bond donors (Lipinski definition) is 0. The minimum atomic E-state index is 0.104. The highest BCUT2D eigenvalue weighted by Gasteiger charge is 2.22. The Kier molecular flexibility index (Phi) is 6.10. The highest BCUT2D eigenvalue weighted by molar-refractivity contribution is 5.96. The first-order chi connectivity index (χ1) is 14.2. The van der Waals surface area contributed by atoms with Crippen LogP contribution in [0.2, 0.25) is 0 Å². The summed E-state index contributed by atoms with van der Waals surface area (Å²) in [6.07, 6.45) is 1.45. The van der Waals surface area contributed by atoms with Gasteiger partial charge in [0.15, 0.2) is 17.3 Å². The van der Waals surface area contributed by atoms with Crippen molar-refractivity contribution in [2.45, 2.75) is 25.8 Å². The van der Waals surface area contributed by atoms with Crippen molar-refractivity contribution in [3.63, 3.8) is 0 Å². The van der Waals surface area contributed by atoms with Gasteiger partial charge in [-0.2, -0.15) is 0 Å². The fourth-order valence-electron chi connectivity index (χ4n) is 3.78. The van der Waals surface area contributed by atoms with E-state index in [0.29, 0.717) is 19.3 Å². The monoisotopic (exact) mass is 394 g/mol. The molecule has 0 aliphatic carbocycles. The summed E-state index contributed by atoms with van der Waals surface area (Å²) < 4.78 is 10.8. The molecule has 0 radical (unpaired) electrons. The van der Waals surface area contributed by atoms with Gasteiger partial charge in [-0.05, 0) is 24.1 Å². The number of fused-ring (bicyclic) bond motifs is 1. The molecule has 0 atom stereocenters. The van der Waals surface area contributed by atoms with Gasteiger partial charge in [0.2, 0.25) is 12.7 Å². The van der Waals surface area contributed by atoms with E-state index in [1.54, 1.807) is 0 Å². The molecule has 0 aromatic heterocycles. The number of Topliss-reactive ketones (excluding diaryl/α,β-unsaturated/α-hetero) is 1. The van der Waals surface area contributed by atoms with Crippen LogP contribution < -0.4 is 9.47 Å². The average Bonchev–Trinajstić information content (AvgIpc) is 3.22. The van der Waals surface area contributed by atoms with Gasteiger partial charge >= 0.3 is 0 Å². The van der Waals surface area contributed by atoms with Crippen LogP contribution in [0.4, 0.5) is 0 Å². The first-order valence-corrected chi connectivity index (χ1v) is 10.2. The van der Waals surface area contributed by atoms with Crippen molar-refractivity contribution < 1.29 is 19.1 Å². The molecule has 0 N–H and O–H groups in total. The van der Waals surface area contributed by atoms with Crippen LogP contribution in [0.1, 0.15) is 35.2 Å². The van der Waals surface area contributed by atoms with Gasteiger partial charge in [-0.3, -0.25) is 14.5 Å². The smallest absolute Gasteiger partial charge is 0.231 e. The summed E-state index contributed by atoms with van der Waals surface area (Å²) in [4.78, 5) is 28.9. The molecule has 0 unspecified atom stereocenters. The second kappa shape index (κ2) is 9.09. The lowest BCUT2D eigenvalue weighted by atomic mass is 10.1. The Balaban J connectivity index is 1.18. The van der Waals surface area contributed by atoms with E-state index < -0.39 is 0 Å². The van der Waals surface area contributed by atoms with E-state index in [2.05, 4.69) is 11.0 Å². The van der Waals surface area contributed by atoms with Crippen molar-refractivity contribution in [3.8, 4) is 11.5 Å². The molecular weight excluding hydrogens is 368 g/mol. The number of ether oxygens (including phenoxy) is 2. The molecule has 0 bridgehead atoms. The lowest BCUT2D eigenvalue weighted by Gasteiger charge is -2.34. The summed E-state index contributed by atoms with van der Waals surface area (Å²) in [7, 11) is 0. The van der Waals surface area contributed by atoms with Gasteiger partial charge in [-0.25, -0.2) is 0 Å². The topological polar surface area (TPSA) is 59.1 Å². The van der Waals surface area contributed by atoms with Crippen molar-refractivity contribution in [3.05, 3.63) is 59.7 Å². The molecule has 2 aromatic rings. The molecule has 0 spiro atoms. The maximum Gasteiger partial charge on any atom is 0.231 e. The third-order valence-corrected chi connectivity index (χ3v) is 5.46. The molecule has 2 heterocycles. The number of carbonyl (C=O) groups excluding carboxylic acids is 2. The first-order valence-electron chi connectivity index (χ1n) is 10.2. The van der Waals surface area contributed by atoms with E-state index >= 15 is 0 Å². The van der Waals surface area contributed by atoms with Gasteiger partial charge in [-0.1, -0.05) is 36.4 Å². The zero-order chi connectivity index (χ0) is 20.1. The van der Waals surface area contributed by atoms with E-state index in [9.17, 15) is 9.59 Å². The predicted octanol–water partition coefficient (Wildman–Crippen LogP) is 3.11. The Hall–Kier alpha value is -2.86. The molecule has 4 rings (SSSR count). The molecule has 6 heteroatoms. The van der Waals surface area contributed by atoms with Gasteiger partial charge in [0, 0.05) is 51.1 Å². The second-order valence-electron chi connectivity index (χ2n) is 7.49. The maximum absolute atomic E-state index is 12.5. The summed E-state index contributed by atoms with van der Waals surface area (Å²) in [5, 5.41) is 0. The number of rotatable bonds is 7.